The number of hydrogen-bond donors (Lipinski definition) is 0. The Morgan fingerprint density at radius 3 is 0.832 bits per heavy atom. The van der Waals surface area contributed by atoms with Gasteiger partial charge in [-0.25, -0.2) is 0 Å². The highest BCUT2D eigenvalue weighted by atomic mass is 16.6. The standard InChI is InChI=1S/C94H182N4O9/c1-11-19-27-35-43-57-86(58-44-36-28-20-12-2)61-51-71-95(75-55-69-93(102)106-89(63-47-39-31-23-15-5)64-48-40-32-24-16-6)73-53-67-91(100)104-79-77-97-82-85(10)98(83-84(97)9)78-80-105-92(101)68-54-74-96(72-52-62-88(99)81-87(59-45-37-29-21-13-3)60-46-38-30-22-14-4)76-56-70-94(103)107-90(65-49-41-33-25-17-7)66-50-42-34-26-18-8/h84-87,89-90H,11-83H2,1-10H3. The maximum Gasteiger partial charge on any atom is 0.306 e. The van der Waals surface area contributed by atoms with Crippen molar-refractivity contribution in [2.24, 2.45) is 11.8 Å². The number of carbonyl (C=O) groups is 5. The molecule has 0 spiro atoms. The summed E-state index contributed by atoms with van der Waals surface area (Å²) >= 11 is 0. The normalized spacial score (nSPS) is 14.5. The van der Waals surface area contributed by atoms with Crippen LogP contribution in [0.4, 0.5) is 0 Å². The highest BCUT2D eigenvalue weighted by molar-refractivity contribution is 5.78. The Morgan fingerprint density at radius 1 is 0.290 bits per heavy atom. The second kappa shape index (κ2) is 76.0. The van der Waals surface area contributed by atoms with E-state index in [0.29, 0.717) is 89.4 Å². The number of Topliss-reactive ketones (excluding diaryl/α,β-unsaturated/α-hetero) is 1. The number of rotatable bonds is 82. The molecular formula is C94H182N4O9. The molecule has 0 radical (unpaired) electrons. The van der Waals surface area contributed by atoms with Gasteiger partial charge in [-0.05, 0) is 161 Å². The summed E-state index contributed by atoms with van der Waals surface area (Å²) in [6.45, 7) is 31.3. The van der Waals surface area contributed by atoms with Crippen molar-refractivity contribution < 1.29 is 42.9 Å². The third-order valence-electron chi connectivity index (χ3n) is 23.5. The van der Waals surface area contributed by atoms with Gasteiger partial charge in [0, 0.05) is 76.8 Å². The van der Waals surface area contributed by atoms with Crippen molar-refractivity contribution in [1.29, 1.82) is 0 Å². The predicted octanol–water partition coefficient (Wildman–Crippen LogP) is 25.7. The van der Waals surface area contributed by atoms with Gasteiger partial charge in [0.15, 0.2) is 0 Å². The average molecular weight is 1510 g/mol. The van der Waals surface area contributed by atoms with E-state index in [1.807, 2.05) is 0 Å². The van der Waals surface area contributed by atoms with E-state index in [4.69, 9.17) is 18.9 Å². The van der Waals surface area contributed by atoms with Crippen LogP contribution in [0.5, 0.6) is 0 Å². The minimum atomic E-state index is -0.174. The zero-order valence-corrected chi connectivity index (χ0v) is 73.0. The van der Waals surface area contributed by atoms with Crippen molar-refractivity contribution >= 4 is 29.7 Å². The lowest BCUT2D eigenvalue weighted by atomic mass is 9.89. The first-order chi connectivity index (χ1) is 52.2. The molecule has 0 aromatic rings. The Balaban J connectivity index is 2.90. The molecule has 1 heterocycles. The van der Waals surface area contributed by atoms with Crippen molar-refractivity contribution in [3.05, 3.63) is 0 Å². The molecule has 1 aliphatic heterocycles. The summed E-state index contributed by atoms with van der Waals surface area (Å²) in [6.07, 6.45) is 68.3. The Labute approximate surface area is 664 Å². The molecule has 0 N–H and O–H groups in total. The summed E-state index contributed by atoms with van der Waals surface area (Å²) in [5, 5.41) is 0. The van der Waals surface area contributed by atoms with Crippen LogP contribution in [0.1, 0.15) is 461 Å². The second-order valence-corrected chi connectivity index (χ2v) is 33.8. The second-order valence-electron chi connectivity index (χ2n) is 33.8. The number of carbonyl (C=O) groups excluding carboxylic acids is 5. The van der Waals surface area contributed by atoms with Crippen LogP contribution in [0.2, 0.25) is 0 Å². The molecule has 1 aliphatic rings. The molecule has 0 bridgehead atoms. The van der Waals surface area contributed by atoms with Gasteiger partial charge in [0.05, 0.1) is 0 Å². The van der Waals surface area contributed by atoms with Gasteiger partial charge < -0.3 is 28.7 Å². The number of hydrogen-bond acceptors (Lipinski definition) is 13. The number of nitrogens with zero attached hydrogens (tertiary/aromatic N) is 4. The third kappa shape index (κ3) is 63.5. The molecule has 2 atom stereocenters. The molecular weight excluding hydrogens is 1330 g/mol. The topological polar surface area (TPSA) is 135 Å². The highest BCUT2D eigenvalue weighted by Gasteiger charge is 2.29. The maximum absolute atomic E-state index is 13.7. The Morgan fingerprint density at radius 2 is 0.533 bits per heavy atom. The molecule has 13 nitrogen and oxygen atoms in total. The van der Waals surface area contributed by atoms with Gasteiger partial charge in [-0.2, -0.15) is 0 Å². The Bertz CT molecular complexity index is 1890. The van der Waals surface area contributed by atoms with Crippen molar-refractivity contribution in [3.63, 3.8) is 0 Å². The Hall–Kier alpha value is -2.61. The van der Waals surface area contributed by atoms with Crippen LogP contribution in [0.3, 0.4) is 0 Å². The Kier molecular flexibility index (Phi) is 72.8. The lowest BCUT2D eigenvalue weighted by Crippen LogP contribution is -2.57. The highest BCUT2D eigenvalue weighted by Crippen LogP contribution is 2.27. The van der Waals surface area contributed by atoms with E-state index < -0.39 is 0 Å². The van der Waals surface area contributed by atoms with Crippen LogP contribution in [0.15, 0.2) is 0 Å². The predicted molar refractivity (Wildman–Crippen MR) is 456 cm³/mol. The van der Waals surface area contributed by atoms with Gasteiger partial charge in [-0.3, -0.25) is 33.8 Å². The lowest BCUT2D eigenvalue weighted by Gasteiger charge is -2.44. The molecule has 13 heteroatoms. The monoisotopic (exact) mass is 1510 g/mol. The molecule has 0 aromatic carbocycles. The number of piperazine rings is 1. The molecule has 2 unspecified atom stereocenters. The van der Waals surface area contributed by atoms with Gasteiger partial charge in [0.25, 0.3) is 0 Å². The largest absolute Gasteiger partial charge is 0.464 e. The summed E-state index contributed by atoms with van der Waals surface area (Å²) in [5.41, 5.74) is 0. The van der Waals surface area contributed by atoms with E-state index in [-0.39, 0.29) is 48.2 Å². The third-order valence-corrected chi connectivity index (χ3v) is 23.5. The fourth-order valence-electron chi connectivity index (χ4n) is 16.4. The average Bonchev–Trinajstić information content (AvgIpc) is 0.846. The number of unbranched alkanes of at least 4 members (excludes halogenated alkanes) is 32. The lowest BCUT2D eigenvalue weighted by molar-refractivity contribution is -0.151. The molecule has 107 heavy (non-hydrogen) atoms. The first-order valence-electron chi connectivity index (χ1n) is 47.4. The van der Waals surface area contributed by atoms with E-state index in [2.05, 4.69) is 88.8 Å². The molecule has 0 aliphatic carbocycles. The van der Waals surface area contributed by atoms with Crippen LogP contribution >= 0.6 is 0 Å². The van der Waals surface area contributed by atoms with Gasteiger partial charge >= 0.3 is 23.9 Å². The molecule has 632 valence electrons. The van der Waals surface area contributed by atoms with Crippen LogP contribution in [-0.2, 0) is 42.9 Å². The van der Waals surface area contributed by atoms with E-state index in [1.165, 1.54) is 263 Å². The zero-order chi connectivity index (χ0) is 78.1. The zero-order valence-electron chi connectivity index (χ0n) is 73.0. The van der Waals surface area contributed by atoms with Gasteiger partial charge in [0.2, 0.25) is 0 Å². The molecule has 1 saturated heterocycles. The quantitative estimate of drug-likeness (QED) is 0.0325. The summed E-state index contributed by atoms with van der Waals surface area (Å²) in [7, 11) is 0. The minimum Gasteiger partial charge on any atom is -0.464 e. The van der Waals surface area contributed by atoms with Crippen LogP contribution in [0.25, 0.3) is 0 Å². The van der Waals surface area contributed by atoms with Crippen LogP contribution in [-0.4, -0.2) is 152 Å². The van der Waals surface area contributed by atoms with E-state index >= 15 is 0 Å². The molecule has 0 aromatic heterocycles. The number of ketones is 1. The van der Waals surface area contributed by atoms with Gasteiger partial charge in [-0.15, -0.1) is 0 Å². The minimum absolute atomic E-state index is 0.00317. The van der Waals surface area contributed by atoms with E-state index in [1.54, 1.807) is 0 Å². The molecule has 0 saturated carbocycles. The maximum atomic E-state index is 13.7. The molecule has 1 rings (SSSR count). The summed E-state index contributed by atoms with van der Waals surface area (Å²) in [4.78, 5) is 77.1. The summed E-state index contributed by atoms with van der Waals surface area (Å²) in [6, 6.07) is 0.520. The first kappa shape index (κ1) is 102. The summed E-state index contributed by atoms with van der Waals surface area (Å²) < 4.78 is 24.3. The fraction of sp³-hybridized carbons (Fsp3) is 0.947. The van der Waals surface area contributed by atoms with Crippen LogP contribution in [0, 0.1) is 11.8 Å². The van der Waals surface area contributed by atoms with Gasteiger partial charge in [0.1, 0.15) is 31.2 Å². The fourth-order valence-corrected chi connectivity index (χ4v) is 16.4. The van der Waals surface area contributed by atoms with Crippen molar-refractivity contribution in [2.45, 2.75) is 485 Å². The van der Waals surface area contributed by atoms with Crippen molar-refractivity contribution in [1.82, 2.24) is 19.6 Å². The van der Waals surface area contributed by atoms with Crippen molar-refractivity contribution in [2.75, 3.05) is 78.7 Å². The first-order valence-corrected chi connectivity index (χ1v) is 47.4. The molecule has 0 amide bonds. The SMILES string of the molecule is CCCCCCCC(CCCCCCC)CCCN(CCCC(=O)OCCN1CC(C)N(CCOC(=O)CCCN(CCCC(=O)CC(CCCCCCC)CCCCCCC)CCCC(=O)OC(CCCCCCC)CCCCCCC)CC1C)CCCC(=O)OC(CCCCCCC)CCCCCCC. The number of ether oxygens (including phenoxy) is 4. The van der Waals surface area contributed by atoms with Gasteiger partial charge in [-0.1, -0.05) is 312 Å². The van der Waals surface area contributed by atoms with E-state index in [9.17, 15) is 24.0 Å². The molecule has 1 fully saturated rings. The van der Waals surface area contributed by atoms with Crippen LogP contribution < -0.4 is 0 Å². The van der Waals surface area contributed by atoms with Crippen molar-refractivity contribution in [3.8, 4) is 0 Å². The summed E-state index contributed by atoms with van der Waals surface area (Å²) in [5.74, 6) is 1.23. The number of esters is 4. The smallest absolute Gasteiger partial charge is 0.306 e. The van der Waals surface area contributed by atoms with E-state index in [0.717, 1.165) is 135 Å².